The van der Waals surface area contributed by atoms with Gasteiger partial charge in [0, 0.05) is 25.8 Å². The van der Waals surface area contributed by atoms with Crippen molar-refractivity contribution in [3.05, 3.63) is 29.3 Å². The van der Waals surface area contributed by atoms with Gasteiger partial charge in [-0.3, -0.25) is 0 Å². The van der Waals surface area contributed by atoms with Crippen LogP contribution < -0.4 is 10.2 Å². The van der Waals surface area contributed by atoms with Crippen molar-refractivity contribution in [3.8, 4) is 0 Å². The molecule has 2 heteroatoms. The molecule has 1 N–H and O–H groups in total. The van der Waals surface area contributed by atoms with Crippen molar-refractivity contribution in [2.75, 3.05) is 25.0 Å². The quantitative estimate of drug-likeness (QED) is 0.819. The van der Waals surface area contributed by atoms with Crippen LogP contribution in [0.2, 0.25) is 0 Å². The molecule has 1 saturated carbocycles. The third-order valence-corrected chi connectivity index (χ3v) is 5.28. The summed E-state index contributed by atoms with van der Waals surface area (Å²) in [7, 11) is 2.21. The predicted molar refractivity (Wildman–Crippen MR) is 90.9 cm³/mol. The molecule has 2 nitrogen and oxygen atoms in total. The molecular weight excluding hydrogens is 256 g/mol. The highest BCUT2D eigenvalue weighted by atomic mass is 15.1. The minimum atomic E-state index is 0.989. The molecule has 3 rings (SSSR count). The lowest BCUT2D eigenvalue weighted by Crippen LogP contribution is -2.25. The average molecular weight is 286 g/mol. The Morgan fingerprint density at radius 2 is 2.00 bits per heavy atom. The highest BCUT2D eigenvalue weighted by Crippen LogP contribution is 2.27. The Morgan fingerprint density at radius 3 is 2.86 bits per heavy atom. The maximum absolute atomic E-state index is 3.65. The molecule has 0 atom stereocenters. The van der Waals surface area contributed by atoms with Crippen LogP contribution in [0.1, 0.15) is 56.1 Å². The van der Waals surface area contributed by atoms with Crippen LogP contribution in [0, 0.1) is 5.92 Å². The largest absolute Gasteiger partial charge is 0.374 e. The molecule has 1 aromatic carbocycles. The molecule has 1 heterocycles. The van der Waals surface area contributed by atoms with Crippen LogP contribution in [0.4, 0.5) is 5.69 Å². The Morgan fingerprint density at radius 1 is 1.14 bits per heavy atom. The molecule has 0 unspecified atom stereocenters. The summed E-state index contributed by atoms with van der Waals surface area (Å²) in [5, 5.41) is 3.65. The molecule has 1 aliphatic carbocycles. The number of anilines is 1. The number of nitrogens with one attached hydrogen (secondary N) is 1. The van der Waals surface area contributed by atoms with Crippen LogP contribution in [0.5, 0.6) is 0 Å². The first kappa shape index (κ1) is 14.9. The predicted octanol–water partition coefficient (Wildman–Crippen LogP) is 4.13. The summed E-state index contributed by atoms with van der Waals surface area (Å²) in [5.74, 6) is 0.989. The minimum absolute atomic E-state index is 0.989. The highest BCUT2D eigenvalue weighted by molar-refractivity contribution is 5.56. The van der Waals surface area contributed by atoms with Crippen molar-refractivity contribution in [3.63, 3.8) is 0 Å². The molecule has 1 fully saturated rings. The molecule has 1 aliphatic heterocycles. The minimum Gasteiger partial charge on any atom is -0.374 e. The maximum atomic E-state index is 3.65. The van der Waals surface area contributed by atoms with E-state index in [1.165, 1.54) is 81.3 Å². The van der Waals surface area contributed by atoms with Gasteiger partial charge in [0.1, 0.15) is 0 Å². The highest BCUT2D eigenvalue weighted by Gasteiger charge is 2.14. The van der Waals surface area contributed by atoms with E-state index in [4.69, 9.17) is 0 Å². The SMILES string of the molecule is CN1CCCc2cc(CNCCC3CCCCC3)ccc21. The van der Waals surface area contributed by atoms with Crippen molar-refractivity contribution in [2.24, 2.45) is 5.92 Å². The molecule has 0 amide bonds. The van der Waals surface area contributed by atoms with Crippen molar-refractivity contribution in [2.45, 2.75) is 57.9 Å². The molecule has 0 radical (unpaired) electrons. The molecule has 1 aromatic rings. The summed E-state index contributed by atoms with van der Waals surface area (Å²) in [6, 6.07) is 7.03. The Hall–Kier alpha value is -1.02. The zero-order chi connectivity index (χ0) is 14.5. The second kappa shape index (κ2) is 7.31. The van der Waals surface area contributed by atoms with Gasteiger partial charge >= 0.3 is 0 Å². The molecule has 0 spiro atoms. The first-order chi connectivity index (χ1) is 10.3. The van der Waals surface area contributed by atoms with E-state index in [9.17, 15) is 0 Å². The second-order valence-electron chi connectivity index (χ2n) is 6.96. The lowest BCUT2D eigenvalue weighted by Gasteiger charge is -2.28. The third kappa shape index (κ3) is 4.00. The van der Waals surface area contributed by atoms with Crippen LogP contribution >= 0.6 is 0 Å². The summed E-state index contributed by atoms with van der Waals surface area (Å²) in [6.45, 7) is 3.41. The van der Waals surface area contributed by atoms with Gasteiger partial charge in [0.25, 0.3) is 0 Å². The number of nitrogens with zero attached hydrogens (tertiary/aromatic N) is 1. The van der Waals surface area contributed by atoms with Gasteiger partial charge in [0.2, 0.25) is 0 Å². The van der Waals surface area contributed by atoms with E-state index in [2.05, 4.69) is 35.5 Å². The standard InChI is InChI=1S/C19H30N2/c1-21-13-5-8-18-14-17(9-10-19(18)21)15-20-12-11-16-6-3-2-4-7-16/h9-10,14,16,20H,2-8,11-13,15H2,1H3. The lowest BCUT2D eigenvalue weighted by atomic mass is 9.87. The zero-order valence-corrected chi connectivity index (χ0v) is 13.5. The van der Waals surface area contributed by atoms with Gasteiger partial charge in [-0.05, 0) is 48.9 Å². The van der Waals surface area contributed by atoms with E-state index in [-0.39, 0.29) is 0 Å². The molecule has 0 bridgehead atoms. The van der Waals surface area contributed by atoms with E-state index >= 15 is 0 Å². The van der Waals surface area contributed by atoms with E-state index in [1.54, 1.807) is 0 Å². The summed E-state index contributed by atoms with van der Waals surface area (Å²) in [6.07, 6.45) is 11.2. The lowest BCUT2D eigenvalue weighted by molar-refractivity contribution is 0.334. The molecule has 21 heavy (non-hydrogen) atoms. The molecule has 2 aliphatic rings. The van der Waals surface area contributed by atoms with Gasteiger partial charge in [0.15, 0.2) is 0 Å². The first-order valence-corrected chi connectivity index (χ1v) is 8.86. The fourth-order valence-electron chi connectivity index (χ4n) is 3.96. The third-order valence-electron chi connectivity index (χ3n) is 5.28. The molecule has 0 aromatic heterocycles. The van der Waals surface area contributed by atoms with Crippen LogP contribution in [-0.2, 0) is 13.0 Å². The summed E-state index contributed by atoms with van der Waals surface area (Å²) in [5.41, 5.74) is 4.43. The fourth-order valence-corrected chi connectivity index (χ4v) is 3.96. The first-order valence-electron chi connectivity index (χ1n) is 8.86. The van der Waals surface area contributed by atoms with Crippen molar-refractivity contribution >= 4 is 5.69 Å². The Kier molecular flexibility index (Phi) is 5.18. The number of fused-ring (bicyclic) bond motifs is 1. The summed E-state index contributed by atoms with van der Waals surface area (Å²) in [4.78, 5) is 2.39. The van der Waals surface area contributed by atoms with Gasteiger partial charge in [-0.1, -0.05) is 44.2 Å². The number of benzene rings is 1. The van der Waals surface area contributed by atoms with Crippen molar-refractivity contribution in [1.82, 2.24) is 5.32 Å². The van der Waals surface area contributed by atoms with Gasteiger partial charge in [0.05, 0.1) is 0 Å². The van der Waals surface area contributed by atoms with E-state index in [1.807, 2.05) is 0 Å². The molecule has 116 valence electrons. The fraction of sp³-hybridized carbons (Fsp3) is 0.684. The smallest absolute Gasteiger partial charge is 0.0396 e. The van der Waals surface area contributed by atoms with E-state index < -0.39 is 0 Å². The van der Waals surface area contributed by atoms with E-state index in [0.717, 1.165) is 12.5 Å². The Balaban J connectivity index is 1.45. The van der Waals surface area contributed by atoms with Crippen LogP contribution in [0.3, 0.4) is 0 Å². The van der Waals surface area contributed by atoms with Crippen molar-refractivity contribution < 1.29 is 0 Å². The molecular formula is C19H30N2. The van der Waals surface area contributed by atoms with Crippen molar-refractivity contribution in [1.29, 1.82) is 0 Å². The molecule has 0 saturated heterocycles. The Bertz CT molecular complexity index is 449. The number of hydrogen-bond donors (Lipinski definition) is 1. The van der Waals surface area contributed by atoms with Gasteiger partial charge < -0.3 is 10.2 Å². The van der Waals surface area contributed by atoms with Crippen LogP contribution in [0.15, 0.2) is 18.2 Å². The van der Waals surface area contributed by atoms with Gasteiger partial charge in [-0.2, -0.15) is 0 Å². The average Bonchev–Trinajstić information content (AvgIpc) is 2.53. The second-order valence-corrected chi connectivity index (χ2v) is 6.96. The Labute approximate surface area is 129 Å². The summed E-state index contributed by atoms with van der Waals surface area (Å²) < 4.78 is 0. The monoisotopic (exact) mass is 286 g/mol. The van der Waals surface area contributed by atoms with Gasteiger partial charge in [-0.25, -0.2) is 0 Å². The number of hydrogen-bond acceptors (Lipinski definition) is 2. The zero-order valence-electron chi connectivity index (χ0n) is 13.5. The number of aryl methyl sites for hydroxylation is 1. The summed E-state index contributed by atoms with van der Waals surface area (Å²) >= 11 is 0. The van der Waals surface area contributed by atoms with Crippen LogP contribution in [0.25, 0.3) is 0 Å². The van der Waals surface area contributed by atoms with Gasteiger partial charge in [-0.15, -0.1) is 0 Å². The number of rotatable bonds is 5. The van der Waals surface area contributed by atoms with Crippen LogP contribution in [-0.4, -0.2) is 20.1 Å². The normalized spacial score (nSPS) is 19.6. The van der Waals surface area contributed by atoms with E-state index in [0.29, 0.717) is 0 Å². The topological polar surface area (TPSA) is 15.3 Å². The maximum Gasteiger partial charge on any atom is 0.0396 e.